The number of carboxylic acids is 1. The summed E-state index contributed by atoms with van der Waals surface area (Å²) < 4.78 is 0. The van der Waals surface area contributed by atoms with E-state index in [0.29, 0.717) is 12.8 Å². The van der Waals surface area contributed by atoms with Gasteiger partial charge in [-0.25, -0.2) is 0 Å². The fraction of sp³-hybridized carbons (Fsp3) is 0.867. The van der Waals surface area contributed by atoms with Crippen molar-refractivity contribution < 1.29 is 14.7 Å². The lowest BCUT2D eigenvalue weighted by atomic mass is 9.78. The van der Waals surface area contributed by atoms with Crippen LogP contribution >= 0.6 is 0 Å². The van der Waals surface area contributed by atoms with Crippen LogP contribution in [-0.4, -0.2) is 23.0 Å². The molecule has 4 nitrogen and oxygen atoms in total. The van der Waals surface area contributed by atoms with Gasteiger partial charge in [-0.05, 0) is 31.1 Å². The number of amides is 1. The van der Waals surface area contributed by atoms with Crippen LogP contribution in [0.25, 0.3) is 0 Å². The van der Waals surface area contributed by atoms with E-state index in [1.165, 1.54) is 0 Å². The minimum absolute atomic E-state index is 0.0852. The quantitative estimate of drug-likeness (QED) is 0.779. The SMILES string of the molecule is CCC(CC)(CC(=O)NC1CCCC1(C)C)C(=O)O. The van der Waals surface area contributed by atoms with Crippen LogP contribution in [0.3, 0.4) is 0 Å². The number of hydrogen-bond acceptors (Lipinski definition) is 2. The van der Waals surface area contributed by atoms with Gasteiger partial charge < -0.3 is 10.4 Å². The van der Waals surface area contributed by atoms with Crippen molar-refractivity contribution >= 4 is 11.9 Å². The minimum Gasteiger partial charge on any atom is -0.481 e. The first-order valence-electron chi connectivity index (χ1n) is 7.30. The molecule has 0 aromatic rings. The van der Waals surface area contributed by atoms with Crippen LogP contribution in [0, 0.1) is 10.8 Å². The van der Waals surface area contributed by atoms with Gasteiger partial charge in [0, 0.05) is 12.5 Å². The monoisotopic (exact) mass is 269 g/mol. The maximum Gasteiger partial charge on any atom is 0.310 e. The molecule has 0 saturated heterocycles. The second-order valence-corrected chi connectivity index (χ2v) is 6.47. The third-order valence-electron chi connectivity index (χ3n) is 4.90. The van der Waals surface area contributed by atoms with E-state index in [1.54, 1.807) is 0 Å². The van der Waals surface area contributed by atoms with Crippen molar-refractivity contribution in [3.63, 3.8) is 0 Å². The average Bonchev–Trinajstić information content (AvgIpc) is 2.65. The van der Waals surface area contributed by atoms with Gasteiger partial charge in [0.15, 0.2) is 0 Å². The average molecular weight is 269 g/mol. The normalized spacial score (nSPS) is 22.2. The molecule has 0 aliphatic heterocycles. The Balaban J connectivity index is 2.66. The summed E-state index contributed by atoms with van der Waals surface area (Å²) >= 11 is 0. The van der Waals surface area contributed by atoms with Gasteiger partial charge in [-0.3, -0.25) is 9.59 Å². The number of rotatable bonds is 6. The fourth-order valence-electron chi connectivity index (χ4n) is 3.03. The standard InChI is InChI=1S/C15H27NO3/c1-5-15(6-2,13(18)19)10-12(17)16-11-8-7-9-14(11,3)4/h11H,5-10H2,1-4H3,(H,16,17)(H,18,19). The topological polar surface area (TPSA) is 66.4 Å². The Hall–Kier alpha value is -1.06. The Morgan fingerprint density at radius 2 is 1.89 bits per heavy atom. The molecule has 0 aromatic heterocycles. The van der Waals surface area contributed by atoms with Crippen molar-refractivity contribution in [2.24, 2.45) is 10.8 Å². The van der Waals surface area contributed by atoms with Gasteiger partial charge in [0.1, 0.15) is 0 Å². The number of aliphatic carboxylic acids is 1. The summed E-state index contributed by atoms with van der Waals surface area (Å²) in [6.07, 6.45) is 4.30. The Morgan fingerprint density at radius 3 is 2.26 bits per heavy atom. The first-order valence-corrected chi connectivity index (χ1v) is 7.30. The van der Waals surface area contributed by atoms with E-state index in [-0.39, 0.29) is 23.8 Å². The molecule has 1 unspecified atom stereocenters. The maximum absolute atomic E-state index is 12.2. The summed E-state index contributed by atoms with van der Waals surface area (Å²) in [5.74, 6) is -0.982. The third-order valence-corrected chi connectivity index (χ3v) is 4.90. The molecule has 0 spiro atoms. The van der Waals surface area contributed by atoms with E-state index in [0.717, 1.165) is 19.3 Å². The zero-order chi connectivity index (χ0) is 14.7. The predicted octanol–water partition coefficient (Wildman–Crippen LogP) is 2.96. The molecular formula is C15H27NO3. The lowest BCUT2D eigenvalue weighted by Crippen LogP contribution is -2.44. The number of carboxylic acid groups (broad SMARTS) is 1. The molecule has 0 heterocycles. The smallest absolute Gasteiger partial charge is 0.310 e. The van der Waals surface area contributed by atoms with E-state index >= 15 is 0 Å². The molecule has 2 N–H and O–H groups in total. The number of nitrogens with one attached hydrogen (secondary N) is 1. The summed E-state index contributed by atoms with van der Waals surface area (Å²) in [4.78, 5) is 23.6. The minimum atomic E-state index is -0.910. The zero-order valence-electron chi connectivity index (χ0n) is 12.6. The Labute approximate surface area is 116 Å². The number of carbonyl (C=O) groups is 2. The third kappa shape index (κ3) is 3.48. The fourth-order valence-corrected chi connectivity index (χ4v) is 3.03. The van der Waals surface area contributed by atoms with Crippen LogP contribution in [-0.2, 0) is 9.59 Å². The Morgan fingerprint density at radius 1 is 1.32 bits per heavy atom. The van der Waals surface area contributed by atoms with Gasteiger partial charge in [0.05, 0.1) is 5.41 Å². The summed E-state index contributed by atoms with van der Waals surface area (Å²) in [5.41, 5.74) is -0.785. The predicted molar refractivity (Wildman–Crippen MR) is 74.8 cm³/mol. The molecule has 0 aromatic carbocycles. The number of hydrogen-bond donors (Lipinski definition) is 2. The van der Waals surface area contributed by atoms with Gasteiger partial charge in [-0.2, -0.15) is 0 Å². The largest absolute Gasteiger partial charge is 0.481 e. The Kier molecular flexibility index (Phi) is 4.99. The van der Waals surface area contributed by atoms with Crippen molar-refractivity contribution in [1.82, 2.24) is 5.32 Å². The molecule has 0 radical (unpaired) electrons. The molecule has 1 rings (SSSR count). The van der Waals surface area contributed by atoms with Gasteiger partial charge in [0.2, 0.25) is 5.91 Å². The summed E-state index contributed by atoms with van der Waals surface area (Å²) in [6.45, 7) is 8.00. The molecule has 1 amide bonds. The first-order chi connectivity index (χ1) is 8.77. The van der Waals surface area contributed by atoms with E-state index in [9.17, 15) is 14.7 Å². The van der Waals surface area contributed by atoms with E-state index in [4.69, 9.17) is 0 Å². The maximum atomic E-state index is 12.2. The van der Waals surface area contributed by atoms with Crippen LogP contribution in [0.5, 0.6) is 0 Å². The molecule has 1 aliphatic rings. The molecule has 110 valence electrons. The van der Waals surface area contributed by atoms with Crippen LogP contribution in [0.1, 0.15) is 66.2 Å². The van der Waals surface area contributed by atoms with E-state index in [1.807, 2.05) is 13.8 Å². The molecular weight excluding hydrogens is 242 g/mol. The highest BCUT2D eigenvalue weighted by molar-refractivity contribution is 5.85. The lowest BCUT2D eigenvalue weighted by molar-refractivity contribution is -0.152. The molecule has 1 fully saturated rings. The molecule has 4 heteroatoms. The van der Waals surface area contributed by atoms with Gasteiger partial charge in [-0.1, -0.05) is 34.1 Å². The zero-order valence-corrected chi connectivity index (χ0v) is 12.6. The molecule has 19 heavy (non-hydrogen) atoms. The molecule has 1 saturated carbocycles. The van der Waals surface area contributed by atoms with Crippen molar-refractivity contribution in [3.8, 4) is 0 Å². The van der Waals surface area contributed by atoms with Gasteiger partial charge in [0.25, 0.3) is 0 Å². The van der Waals surface area contributed by atoms with Crippen molar-refractivity contribution in [1.29, 1.82) is 0 Å². The number of carbonyl (C=O) groups excluding carboxylic acids is 1. The van der Waals surface area contributed by atoms with E-state index < -0.39 is 11.4 Å². The van der Waals surface area contributed by atoms with E-state index in [2.05, 4.69) is 19.2 Å². The molecule has 1 atom stereocenters. The van der Waals surface area contributed by atoms with Crippen LogP contribution in [0.2, 0.25) is 0 Å². The molecule has 1 aliphatic carbocycles. The Bertz CT molecular complexity index is 345. The first kappa shape index (κ1) is 16.0. The van der Waals surface area contributed by atoms with Gasteiger partial charge in [-0.15, -0.1) is 0 Å². The lowest BCUT2D eigenvalue weighted by Gasteiger charge is -2.30. The summed E-state index contributed by atoms with van der Waals surface area (Å²) in [5, 5.41) is 12.4. The highest BCUT2D eigenvalue weighted by Crippen LogP contribution is 2.38. The second kappa shape index (κ2) is 5.93. The summed E-state index contributed by atoms with van der Waals surface area (Å²) in [6, 6.07) is 0.181. The van der Waals surface area contributed by atoms with Crippen molar-refractivity contribution in [2.75, 3.05) is 0 Å². The second-order valence-electron chi connectivity index (χ2n) is 6.47. The van der Waals surface area contributed by atoms with Crippen LogP contribution in [0.4, 0.5) is 0 Å². The summed E-state index contributed by atoms with van der Waals surface area (Å²) in [7, 11) is 0. The molecule has 0 bridgehead atoms. The van der Waals surface area contributed by atoms with Crippen LogP contribution < -0.4 is 5.32 Å². The highest BCUT2D eigenvalue weighted by atomic mass is 16.4. The van der Waals surface area contributed by atoms with Crippen molar-refractivity contribution in [2.45, 2.75) is 72.3 Å². The van der Waals surface area contributed by atoms with Gasteiger partial charge >= 0.3 is 5.97 Å². The highest BCUT2D eigenvalue weighted by Gasteiger charge is 2.40. The van der Waals surface area contributed by atoms with Crippen molar-refractivity contribution in [3.05, 3.63) is 0 Å². The van der Waals surface area contributed by atoms with Crippen LogP contribution in [0.15, 0.2) is 0 Å².